The molecule has 1 aromatic rings. The number of benzene rings is 1. The lowest BCUT2D eigenvalue weighted by atomic mass is 10.0. The Hall–Kier alpha value is -1.31. The van der Waals surface area contributed by atoms with Gasteiger partial charge < -0.3 is 5.73 Å². The molecule has 0 fully saturated rings. The third kappa shape index (κ3) is 5.53. The Labute approximate surface area is 105 Å². The third-order valence-corrected chi connectivity index (χ3v) is 2.83. The van der Waals surface area contributed by atoms with E-state index in [0.29, 0.717) is 11.9 Å². The van der Waals surface area contributed by atoms with Crippen LogP contribution in [0.4, 0.5) is 0 Å². The van der Waals surface area contributed by atoms with E-state index in [1.165, 1.54) is 12.8 Å². The minimum absolute atomic E-state index is 0.314. The van der Waals surface area contributed by atoms with Crippen LogP contribution >= 0.6 is 0 Å². The van der Waals surface area contributed by atoms with E-state index in [9.17, 15) is 0 Å². The highest BCUT2D eigenvalue weighted by molar-refractivity contribution is 5.97. The number of nitrogens with two attached hydrogens (primary N) is 1. The summed E-state index contributed by atoms with van der Waals surface area (Å²) in [5.74, 6) is 1.43. The molecule has 1 rings (SSSR count). The van der Waals surface area contributed by atoms with Gasteiger partial charge in [0.2, 0.25) is 0 Å². The topological polar surface area (TPSA) is 38.4 Å². The number of amidine groups is 1. The number of rotatable bonds is 6. The van der Waals surface area contributed by atoms with Gasteiger partial charge in [0, 0.05) is 11.6 Å². The molecule has 2 nitrogen and oxygen atoms in total. The van der Waals surface area contributed by atoms with Gasteiger partial charge in [0.15, 0.2) is 0 Å². The van der Waals surface area contributed by atoms with E-state index < -0.39 is 0 Å². The van der Waals surface area contributed by atoms with Crippen molar-refractivity contribution in [1.29, 1.82) is 0 Å². The van der Waals surface area contributed by atoms with Crippen LogP contribution in [0.2, 0.25) is 0 Å². The summed E-state index contributed by atoms with van der Waals surface area (Å²) in [6, 6.07) is 10.3. The minimum Gasteiger partial charge on any atom is -0.383 e. The van der Waals surface area contributed by atoms with Gasteiger partial charge in [-0.3, -0.25) is 4.99 Å². The molecule has 0 saturated carbocycles. The van der Waals surface area contributed by atoms with Crippen LogP contribution in [0.25, 0.3) is 0 Å². The summed E-state index contributed by atoms with van der Waals surface area (Å²) in [6.07, 6.45) is 3.61. The molecular formula is C15H24N2. The molecule has 0 aliphatic carbocycles. The van der Waals surface area contributed by atoms with Crippen LogP contribution in [-0.4, -0.2) is 11.9 Å². The van der Waals surface area contributed by atoms with Gasteiger partial charge in [-0.1, -0.05) is 57.0 Å². The Morgan fingerprint density at radius 1 is 1.12 bits per heavy atom. The van der Waals surface area contributed by atoms with Gasteiger partial charge in [0.05, 0.1) is 0 Å². The van der Waals surface area contributed by atoms with Gasteiger partial charge in [-0.25, -0.2) is 0 Å². The zero-order valence-electron chi connectivity index (χ0n) is 11.2. The first-order valence-corrected chi connectivity index (χ1v) is 6.48. The molecule has 0 heterocycles. The summed E-state index contributed by atoms with van der Waals surface area (Å²) in [5.41, 5.74) is 6.99. The van der Waals surface area contributed by atoms with Crippen LogP contribution in [-0.2, 0) is 0 Å². The van der Waals surface area contributed by atoms with Crippen molar-refractivity contribution in [3.8, 4) is 0 Å². The highest BCUT2D eigenvalue weighted by atomic mass is 14.9. The maximum atomic E-state index is 5.98. The monoisotopic (exact) mass is 232 g/mol. The quantitative estimate of drug-likeness (QED) is 0.590. The van der Waals surface area contributed by atoms with E-state index in [-0.39, 0.29) is 0 Å². The second-order valence-electron chi connectivity index (χ2n) is 5.05. The zero-order valence-corrected chi connectivity index (χ0v) is 11.2. The van der Waals surface area contributed by atoms with Gasteiger partial charge >= 0.3 is 0 Å². The first kappa shape index (κ1) is 13.8. The van der Waals surface area contributed by atoms with Crippen molar-refractivity contribution in [3.05, 3.63) is 35.9 Å². The standard InChI is InChI=1S/C15H24N2/c1-12(2)8-7-9-13(3)17-15(16)14-10-5-4-6-11-14/h4-6,10-13H,7-9H2,1-3H3,(H2,16,17). The van der Waals surface area contributed by atoms with Crippen molar-refractivity contribution in [1.82, 2.24) is 0 Å². The Morgan fingerprint density at radius 3 is 2.35 bits per heavy atom. The van der Waals surface area contributed by atoms with Gasteiger partial charge in [0.25, 0.3) is 0 Å². The molecular weight excluding hydrogens is 208 g/mol. The molecule has 2 N–H and O–H groups in total. The summed E-state index contributed by atoms with van der Waals surface area (Å²) in [5, 5.41) is 0. The maximum absolute atomic E-state index is 5.98. The molecule has 17 heavy (non-hydrogen) atoms. The molecule has 1 unspecified atom stereocenters. The zero-order chi connectivity index (χ0) is 12.7. The Balaban J connectivity index is 2.45. The largest absolute Gasteiger partial charge is 0.383 e. The van der Waals surface area contributed by atoms with Gasteiger partial charge in [-0.05, 0) is 19.3 Å². The van der Waals surface area contributed by atoms with Crippen molar-refractivity contribution in [3.63, 3.8) is 0 Å². The van der Waals surface area contributed by atoms with E-state index >= 15 is 0 Å². The van der Waals surface area contributed by atoms with E-state index in [2.05, 4.69) is 25.8 Å². The van der Waals surface area contributed by atoms with Crippen LogP contribution in [0.5, 0.6) is 0 Å². The van der Waals surface area contributed by atoms with Crippen LogP contribution in [0.1, 0.15) is 45.6 Å². The Bertz CT molecular complexity index is 341. The predicted octanol–water partition coefficient (Wildman–Crippen LogP) is 3.61. The van der Waals surface area contributed by atoms with Gasteiger partial charge in [-0.2, -0.15) is 0 Å². The Kier molecular flexibility index (Phi) is 5.75. The van der Waals surface area contributed by atoms with Crippen LogP contribution in [0.3, 0.4) is 0 Å². The molecule has 1 atom stereocenters. The average Bonchev–Trinajstić information content (AvgIpc) is 2.29. The highest BCUT2D eigenvalue weighted by Crippen LogP contribution is 2.10. The molecule has 0 aliphatic heterocycles. The second kappa shape index (κ2) is 7.10. The third-order valence-electron chi connectivity index (χ3n) is 2.83. The minimum atomic E-state index is 0.314. The van der Waals surface area contributed by atoms with Crippen molar-refractivity contribution < 1.29 is 0 Å². The van der Waals surface area contributed by atoms with E-state index in [0.717, 1.165) is 17.9 Å². The lowest BCUT2D eigenvalue weighted by Crippen LogP contribution is -2.16. The summed E-state index contributed by atoms with van der Waals surface area (Å²) >= 11 is 0. The lowest BCUT2D eigenvalue weighted by molar-refractivity contribution is 0.512. The first-order chi connectivity index (χ1) is 8.09. The fraction of sp³-hybridized carbons (Fsp3) is 0.533. The van der Waals surface area contributed by atoms with Gasteiger partial charge in [0.1, 0.15) is 5.84 Å². The molecule has 0 aliphatic rings. The summed E-state index contributed by atoms with van der Waals surface area (Å²) in [7, 11) is 0. The summed E-state index contributed by atoms with van der Waals surface area (Å²) in [6.45, 7) is 6.65. The number of nitrogens with zero attached hydrogens (tertiary/aromatic N) is 1. The van der Waals surface area contributed by atoms with E-state index in [1.807, 2.05) is 30.3 Å². The molecule has 2 heteroatoms. The van der Waals surface area contributed by atoms with Crippen molar-refractivity contribution in [2.24, 2.45) is 16.6 Å². The van der Waals surface area contributed by atoms with E-state index in [1.54, 1.807) is 0 Å². The predicted molar refractivity (Wildman–Crippen MR) is 75.3 cm³/mol. The normalized spacial score (nSPS) is 14.0. The smallest absolute Gasteiger partial charge is 0.125 e. The second-order valence-corrected chi connectivity index (χ2v) is 5.05. The summed E-state index contributed by atoms with van der Waals surface area (Å²) < 4.78 is 0. The molecule has 0 aromatic heterocycles. The molecule has 0 bridgehead atoms. The molecule has 0 spiro atoms. The molecule has 0 amide bonds. The number of hydrogen-bond donors (Lipinski definition) is 1. The van der Waals surface area contributed by atoms with Crippen LogP contribution in [0, 0.1) is 5.92 Å². The van der Waals surface area contributed by atoms with Gasteiger partial charge in [-0.15, -0.1) is 0 Å². The number of aliphatic imine (C=N–C) groups is 1. The SMILES string of the molecule is CC(C)CCCC(C)N=C(N)c1ccccc1. The van der Waals surface area contributed by atoms with Crippen LogP contribution < -0.4 is 5.73 Å². The Morgan fingerprint density at radius 2 is 1.76 bits per heavy atom. The molecule has 94 valence electrons. The molecule has 1 aromatic carbocycles. The number of hydrogen-bond acceptors (Lipinski definition) is 1. The fourth-order valence-electron chi connectivity index (χ4n) is 1.81. The van der Waals surface area contributed by atoms with Crippen molar-refractivity contribution in [2.45, 2.75) is 46.1 Å². The van der Waals surface area contributed by atoms with E-state index in [4.69, 9.17) is 5.73 Å². The van der Waals surface area contributed by atoms with Crippen molar-refractivity contribution >= 4 is 5.84 Å². The average molecular weight is 232 g/mol. The van der Waals surface area contributed by atoms with Crippen LogP contribution in [0.15, 0.2) is 35.3 Å². The lowest BCUT2D eigenvalue weighted by Gasteiger charge is -2.09. The molecule has 0 radical (unpaired) electrons. The maximum Gasteiger partial charge on any atom is 0.125 e. The highest BCUT2D eigenvalue weighted by Gasteiger charge is 2.03. The summed E-state index contributed by atoms with van der Waals surface area (Å²) in [4.78, 5) is 4.54. The fourth-order valence-corrected chi connectivity index (χ4v) is 1.81. The first-order valence-electron chi connectivity index (χ1n) is 6.48. The molecule has 0 saturated heterocycles. The van der Waals surface area contributed by atoms with Crippen molar-refractivity contribution in [2.75, 3.05) is 0 Å².